The largest absolute Gasteiger partial charge is 0.326 e. The van der Waals surface area contributed by atoms with E-state index in [0.29, 0.717) is 6.04 Å². The fraction of sp³-hybridized carbons (Fsp3) is 0.316. The topological polar surface area (TPSA) is 46.8 Å². The lowest BCUT2D eigenvalue weighted by atomic mass is 10.0. The summed E-state index contributed by atoms with van der Waals surface area (Å²) in [5.74, 6) is -0.248. The molecule has 25 heavy (non-hydrogen) atoms. The predicted molar refractivity (Wildman–Crippen MR) is 94.4 cm³/mol. The molecule has 0 bridgehead atoms. The highest BCUT2D eigenvalue weighted by Crippen LogP contribution is 2.34. The van der Waals surface area contributed by atoms with Crippen molar-refractivity contribution >= 4 is 0 Å². The van der Waals surface area contributed by atoms with Gasteiger partial charge < -0.3 is 9.47 Å². The number of hydrogen-bond acceptors (Lipinski definition) is 4. The molecule has 0 spiro atoms. The summed E-state index contributed by atoms with van der Waals surface area (Å²) in [5.41, 5.74) is 3.54. The Balaban J connectivity index is 1.81. The average molecular weight is 337 g/mol. The minimum atomic E-state index is -0.248. The second kappa shape index (κ2) is 6.72. The van der Waals surface area contributed by atoms with Gasteiger partial charge in [-0.2, -0.15) is 0 Å². The molecule has 4 rings (SSSR count). The normalized spacial score (nSPS) is 16.2. The number of hydrogen-bond donors (Lipinski definition) is 0. The molecule has 3 aromatic rings. The number of nitrogens with zero attached hydrogens (tertiary/aromatic N) is 5. The highest BCUT2D eigenvalue weighted by atomic mass is 19.1. The van der Waals surface area contributed by atoms with Gasteiger partial charge in [0.1, 0.15) is 12.1 Å². The summed E-state index contributed by atoms with van der Waals surface area (Å²) in [5, 5.41) is 0. The first kappa shape index (κ1) is 15.9. The number of benzene rings is 1. The molecule has 1 aliphatic rings. The third kappa shape index (κ3) is 3.17. The van der Waals surface area contributed by atoms with Crippen LogP contribution in [0.1, 0.15) is 18.9 Å². The van der Waals surface area contributed by atoms with E-state index >= 15 is 0 Å². The molecule has 1 saturated heterocycles. The molecule has 5 nitrogen and oxygen atoms in total. The van der Waals surface area contributed by atoms with Gasteiger partial charge in [-0.15, -0.1) is 0 Å². The Bertz CT molecular complexity index is 836. The van der Waals surface area contributed by atoms with Crippen molar-refractivity contribution in [3.05, 3.63) is 55.0 Å². The summed E-state index contributed by atoms with van der Waals surface area (Å²) in [6.07, 6.45) is 7.34. The third-order valence-electron chi connectivity index (χ3n) is 4.82. The Hall–Kier alpha value is -2.60. The Morgan fingerprint density at radius 2 is 1.80 bits per heavy atom. The van der Waals surface area contributed by atoms with Gasteiger partial charge in [-0.05, 0) is 63.3 Å². The van der Waals surface area contributed by atoms with Gasteiger partial charge in [-0.3, -0.25) is 0 Å². The van der Waals surface area contributed by atoms with E-state index < -0.39 is 0 Å². The molecule has 2 aromatic heterocycles. The van der Waals surface area contributed by atoms with E-state index in [1.807, 2.05) is 12.4 Å². The van der Waals surface area contributed by atoms with E-state index in [2.05, 4.69) is 31.5 Å². The van der Waals surface area contributed by atoms with Crippen LogP contribution in [-0.2, 0) is 0 Å². The number of rotatable bonds is 3. The van der Waals surface area contributed by atoms with Crippen LogP contribution < -0.4 is 0 Å². The van der Waals surface area contributed by atoms with Crippen molar-refractivity contribution in [2.24, 2.45) is 0 Å². The molecule has 128 valence electrons. The van der Waals surface area contributed by atoms with Crippen molar-refractivity contribution in [2.45, 2.75) is 18.9 Å². The number of piperidine rings is 1. The number of aromatic nitrogens is 4. The van der Waals surface area contributed by atoms with Gasteiger partial charge >= 0.3 is 0 Å². The van der Waals surface area contributed by atoms with E-state index in [-0.39, 0.29) is 5.82 Å². The second-order valence-corrected chi connectivity index (χ2v) is 6.49. The van der Waals surface area contributed by atoms with Crippen LogP contribution >= 0.6 is 0 Å². The summed E-state index contributed by atoms with van der Waals surface area (Å²) in [6, 6.07) is 8.75. The molecule has 0 N–H and O–H groups in total. The molecule has 0 aliphatic carbocycles. The fourth-order valence-corrected chi connectivity index (χ4v) is 3.41. The molecular formula is C19H20FN5. The summed E-state index contributed by atoms with van der Waals surface area (Å²) < 4.78 is 15.5. The zero-order valence-corrected chi connectivity index (χ0v) is 14.1. The molecule has 0 saturated carbocycles. The molecule has 0 atom stereocenters. The molecular weight excluding hydrogens is 317 g/mol. The predicted octanol–water partition coefficient (Wildman–Crippen LogP) is 3.41. The number of likely N-dealkylation sites (tertiary alicyclic amines) is 1. The van der Waals surface area contributed by atoms with Crippen molar-refractivity contribution < 1.29 is 4.39 Å². The zero-order chi connectivity index (χ0) is 17.2. The highest BCUT2D eigenvalue weighted by molar-refractivity contribution is 5.76. The maximum absolute atomic E-state index is 13.3. The summed E-state index contributed by atoms with van der Waals surface area (Å²) in [4.78, 5) is 15.5. The number of imidazole rings is 1. The summed E-state index contributed by atoms with van der Waals surface area (Å²) >= 11 is 0. The summed E-state index contributed by atoms with van der Waals surface area (Å²) in [6.45, 7) is 2.13. The highest BCUT2D eigenvalue weighted by Gasteiger charge is 2.24. The van der Waals surface area contributed by atoms with Crippen molar-refractivity contribution in [3.63, 3.8) is 0 Å². The fourth-order valence-electron chi connectivity index (χ4n) is 3.41. The lowest BCUT2D eigenvalue weighted by molar-refractivity contribution is 0.222. The molecule has 0 amide bonds. The molecule has 1 aromatic carbocycles. The average Bonchev–Trinajstić information content (AvgIpc) is 3.09. The van der Waals surface area contributed by atoms with E-state index in [1.165, 1.54) is 12.1 Å². The summed E-state index contributed by atoms with van der Waals surface area (Å²) in [7, 11) is 2.15. The van der Waals surface area contributed by atoms with Gasteiger partial charge in [-0.1, -0.05) is 0 Å². The van der Waals surface area contributed by atoms with E-state index in [4.69, 9.17) is 0 Å². The van der Waals surface area contributed by atoms with Crippen molar-refractivity contribution in [1.82, 2.24) is 24.4 Å². The van der Waals surface area contributed by atoms with Crippen LogP contribution in [0.25, 0.3) is 22.6 Å². The van der Waals surface area contributed by atoms with Crippen LogP contribution in [0.15, 0.2) is 49.2 Å². The SMILES string of the molecule is CN1CCC(n2cnc(-c3ccc(F)cc3)c2-c2ccncn2)CC1. The standard InChI is InChI=1S/C19H20FN5/c1-24-10-7-16(8-11-24)25-13-23-18(14-2-4-15(20)5-3-14)19(25)17-6-9-21-12-22-17/h2-6,9,12-13,16H,7-8,10-11H2,1H3. The van der Waals surface area contributed by atoms with Gasteiger partial charge in [0.15, 0.2) is 0 Å². The molecule has 0 unspecified atom stereocenters. The maximum atomic E-state index is 13.3. The van der Waals surface area contributed by atoms with Crippen LogP contribution in [0.2, 0.25) is 0 Å². The van der Waals surface area contributed by atoms with Crippen molar-refractivity contribution in [3.8, 4) is 22.6 Å². The molecule has 0 radical (unpaired) electrons. The molecule has 3 heterocycles. The molecule has 1 aliphatic heterocycles. The van der Waals surface area contributed by atoms with Crippen LogP contribution in [0.5, 0.6) is 0 Å². The Kier molecular flexibility index (Phi) is 4.28. The van der Waals surface area contributed by atoms with E-state index in [1.54, 1.807) is 24.7 Å². The Morgan fingerprint density at radius 1 is 1.04 bits per heavy atom. The number of halogens is 1. The second-order valence-electron chi connectivity index (χ2n) is 6.49. The zero-order valence-electron chi connectivity index (χ0n) is 14.1. The van der Waals surface area contributed by atoms with Crippen LogP contribution in [-0.4, -0.2) is 44.6 Å². The van der Waals surface area contributed by atoms with Crippen LogP contribution in [0, 0.1) is 5.82 Å². The lowest BCUT2D eigenvalue weighted by Crippen LogP contribution is -2.31. The monoisotopic (exact) mass is 337 g/mol. The molecule has 1 fully saturated rings. The first-order valence-electron chi connectivity index (χ1n) is 8.50. The first-order chi connectivity index (χ1) is 12.2. The van der Waals surface area contributed by atoms with Crippen LogP contribution in [0.4, 0.5) is 4.39 Å². The van der Waals surface area contributed by atoms with Gasteiger partial charge in [0, 0.05) is 17.8 Å². The Morgan fingerprint density at radius 3 is 2.48 bits per heavy atom. The first-order valence-corrected chi connectivity index (χ1v) is 8.50. The van der Waals surface area contributed by atoms with Gasteiger partial charge in [0.25, 0.3) is 0 Å². The smallest absolute Gasteiger partial charge is 0.123 e. The van der Waals surface area contributed by atoms with Gasteiger partial charge in [-0.25, -0.2) is 19.3 Å². The third-order valence-corrected chi connectivity index (χ3v) is 4.82. The van der Waals surface area contributed by atoms with Gasteiger partial charge in [0.05, 0.1) is 23.4 Å². The molecule has 6 heteroatoms. The minimum Gasteiger partial charge on any atom is -0.326 e. The minimum absolute atomic E-state index is 0.248. The van der Waals surface area contributed by atoms with E-state index in [9.17, 15) is 4.39 Å². The van der Waals surface area contributed by atoms with E-state index in [0.717, 1.165) is 48.6 Å². The van der Waals surface area contributed by atoms with Crippen molar-refractivity contribution in [1.29, 1.82) is 0 Å². The Labute approximate surface area is 146 Å². The quantitative estimate of drug-likeness (QED) is 0.735. The van der Waals surface area contributed by atoms with Crippen LogP contribution in [0.3, 0.4) is 0 Å². The van der Waals surface area contributed by atoms with Crippen molar-refractivity contribution in [2.75, 3.05) is 20.1 Å². The van der Waals surface area contributed by atoms with Gasteiger partial charge in [0.2, 0.25) is 0 Å². The lowest BCUT2D eigenvalue weighted by Gasteiger charge is -2.30. The maximum Gasteiger partial charge on any atom is 0.123 e.